The number of nitrogens with one attached hydrogen (secondary N) is 1. The molecule has 0 radical (unpaired) electrons. The van der Waals surface area contributed by atoms with Crippen molar-refractivity contribution >= 4 is 34.1 Å². The Morgan fingerprint density at radius 1 is 1.10 bits per heavy atom. The molecule has 3 aromatic rings. The summed E-state index contributed by atoms with van der Waals surface area (Å²) in [4.78, 5) is 12.7. The van der Waals surface area contributed by atoms with Crippen LogP contribution in [0.5, 0.6) is 5.75 Å². The third-order valence-electron chi connectivity index (χ3n) is 4.50. The lowest BCUT2D eigenvalue weighted by Gasteiger charge is -2.20. The maximum atomic E-state index is 12.7. The number of carbonyl (C=O) groups excluding carboxylic acids is 1. The fraction of sp³-hybridized carbons (Fsp3) is 0.348. The summed E-state index contributed by atoms with van der Waals surface area (Å²) in [6.45, 7) is 8.42. The van der Waals surface area contributed by atoms with Crippen LogP contribution in [0.15, 0.2) is 58.9 Å². The minimum absolute atomic E-state index is 0.0775. The van der Waals surface area contributed by atoms with Crippen LogP contribution < -0.4 is 10.1 Å². The van der Waals surface area contributed by atoms with Crippen LogP contribution >= 0.6 is 23.1 Å². The van der Waals surface area contributed by atoms with Crippen LogP contribution in [0.25, 0.3) is 0 Å². The lowest BCUT2D eigenvalue weighted by atomic mass is 9.87. The fourth-order valence-electron chi connectivity index (χ4n) is 2.74. The molecule has 0 aliphatic rings. The number of anilines is 1. The van der Waals surface area contributed by atoms with Gasteiger partial charge in [-0.3, -0.25) is 10.1 Å². The van der Waals surface area contributed by atoms with Crippen LogP contribution in [0.2, 0.25) is 0 Å². The van der Waals surface area contributed by atoms with E-state index in [0.717, 1.165) is 10.1 Å². The molecule has 0 saturated carbocycles. The van der Waals surface area contributed by atoms with Gasteiger partial charge in [-0.25, -0.2) is 0 Å². The number of rotatable bonds is 8. The van der Waals surface area contributed by atoms with Crippen molar-refractivity contribution < 1.29 is 9.53 Å². The van der Waals surface area contributed by atoms with Crippen molar-refractivity contribution in [3.63, 3.8) is 0 Å². The quantitative estimate of drug-likeness (QED) is 0.347. The molecule has 1 heterocycles. The molecule has 0 bridgehead atoms. The first kappa shape index (κ1) is 22.3. The van der Waals surface area contributed by atoms with Gasteiger partial charge in [0, 0.05) is 5.75 Å². The van der Waals surface area contributed by atoms with E-state index in [9.17, 15) is 4.79 Å². The van der Waals surface area contributed by atoms with Crippen molar-refractivity contribution in [1.82, 2.24) is 10.2 Å². The number of nitrogens with zero attached hydrogens (tertiary/aromatic N) is 2. The molecule has 0 fully saturated rings. The predicted molar refractivity (Wildman–Crippen MR) is 124 cm³/mol. The number of hydrogen-bond acceptors (Lipinski definition) is 6. The molecular formula is C23H27N3O2S2. The molecule has 1 N–H and O–H groups in total. The summed E-state index contributed by atoms with van der Waals surface area (Å²) in [6.07, 6.45) is -0.0313. The summed E-state index contributed by atoms with van der Waals surface area (Å²) in [5.41, 5.74) is 2.52. The molecule has 0 aliphatic carbocycles. The standard InChI is InChI=1S/C23H27N3O2S2/c1-5-19(28-18-13-11-17(12-14-18)23(2,3)4)20(27)24-21-25-26-22(30-21)29-15-16-9-7-6-8-10-16/h6-14,19H,5,15H2,1-4H3,(H,24,25,27)/t19-/m1/s1. The molecule has 1 atom stereocenters. The normalized spacial score (nSPS) is 12.4. The van der Waals surface area contributed by atoms with Gasteiger partial charge in [-0.15, -0.1) is 10.2 Å². The van der Waals surface area contributed by atoms with Crippen LogP contribution in [0.4, 0.5) is 5.13 Å². The molecule has 7 heteroatoms. The van der Waals surface area contributed by atoms with E-state index >= 15 is 0 Å². The van der Waals surface area contributed by atoms with E-state index in [4.69, 9.17) is 4.74 Å². The third-order valence-corrected chi connectivity index (χ3v) is 6.55. The van der Waals surface area contributed by atoms with Gasteiger partial charge in [0.05, 0.1) is 0 Å². The van der Waals surface area contributed by atoms with Gasteiger partial charge in [-0.2, -0.15) is 0 Å². The molecule has 1 amide bonds. The first-order chi connectivity index (χ1) is 14.3. The Morgan fingerprint density at radius 3 is 2.43 bits per heavy atom. The summed E-state index contributed by atoms with van der Waals surface area (Å²) in [5, 5.41) is 11.6. The second kappa shape index (κ2) is 10.1. The van der Waals surface area contributed by atoms with Gasteiger partial charge >= 0.3 is 0 Å². The summed E-state index contributed by atoms with van der Waals surface area (Å²) in [6, 6.07) is 18.1. The molecule has 0 spiro atoms. The average Bonchev–Trinajstić information content (AvgIpc) is 3.18. The van der Waals surface area contributed by atoms with Gasteiger partial charge in [0.2, 0.25) is 5.13 Å². The second-order valence-corrected chi connectivity index (χ2v) is 10.1. The largest absolute Gasteiger partial charge is 0.481 e. The molecule has 158 valence electrons. The average molecular weight is 442 g/mol. The monoisotopic (exact) mass is 441 g/mol. The van der Waals surface area contributed by atoms with E-state index < -0.39 is 6.10 Å². The molecule has 0 aliphatic heterocycles. The molecule has 2 aromatic carbocycles. The van der Waals surface area contributed by atoms with E-state index in [1.807, 2.05) is 49.4 Å². The van der Waals surface area contributed by atoms with Crippen molar-refractivity contribution in [1.29, 1.82) is 0 Å². The number of aromatic nitrogens is 2. The highest BCUT2D eigenvalue weighted by Gasteiger charge is 2.21. The van der Waals surface area contributed by atoms with Gasteiger partial charge in [0.15, 0.2) is 10.4 Å². The zero-order valence-electron chi connectivity index (χ0n) is 17.7. The van der Waals surface area contributed by atoms with Crippen LogP contribution in [0.1, 0.15) is 45.2 Å². The Kier molecular flexibility index (Phi) is 7.50. The topological polar surface area (TPSA) is 64.1 Å². The van der Waals surface area contributed by atoms with E-state index in [2.05, 4.69) is 48.4 Å². The second-order valence-electron chi connectivity index (χ2n) is 7.93. The Labute approximate surface area is 186 Å². The first-order valence-corrected chi connectivity index (χ1v) is 11.7. The maximum Gasteiger partial charge on any atom is 0.267 e. The van der Waals surface area contributed by atoms with Crippen molar-refractivity contribution in [2.45, 2.75) is 55.7 Å². The number of thioether (sulfide) groups is 1. The van der Waals surface area contributed by atoms with Gasteiger partial charge in [-0.1, -0.05) is 93.3 Å². The zero-order chi connectivity index (χ0) is 21.6. The van der Waals surface area contributed by atoms with Crippen molar-refractivity contribution in [3.8, 4) is 5.75 Å². The smallest absolute Gasteiger partial charge is 0.267 e. The molecule has 3 rings (SSSR count). The summed E-state index contributed by atoms with van der Waals surface area (Å²) in [7, 11) is 0. The molecular weight excluding hydrogens is 414 g/mol. The molecule has 5 nitrogen and oxygen atoms in total. The molecule has 0 saturated heterocycles. The van der Waals surface area contributed by atoms with Crippen LogP contribution in [-0.4, -0.2) is 22.2 Å². The number of benzene rings is 2. The van der Waals surface area contributed by atoms with Gasteiger partial charge < -0.3 is 4.74 Å². The van der Waals surface area contributed by atoms with Crippen molar-refractivity contribution in [2.24, 2.45) is 0 Å². The molecule has 30 heavy (non-hydrogen) atoms. The highest BCUT2D eigenvalue weighted by Crippen LogP contribution is 2.29. The van der Waals surface area contributed by atoms with Crippen molar-refractivity contribution in [2.75, 3.05) is 5.32 Å². The fourth-order valence-corrected chi connectivity index (χ4v) is 4.45. The Bertz CT molecular complexity index is 951. The highest BCUT2D eigenvalue weighted by molar-refractivity contribution is 8.00. The predicted octanol–water partition coefficient (Wildman–Crippen LogP) is 5.92. The molecule has 1 aromatic heterocycles. The molecule has 0 unspecified atom stereocenters. The van der Waals surface area contributed by atoms with Crippen LogP contribution in [0, 0.1) is 0 Å². The summed E-state index contributed by atoms with van der Waals surface area (Å²) >= 11 is 2.98. The van der Waals surface area contributed by atoms with Crippen molar-refractivity contribution in [3.05, 3.63) is 65.7 Å². The lowest BCUT2D eigenvalue weighted by molar-refractivity contribution is -0.122. The van der Waals surface area contributed by atoms with E-state index in [1.54, 1.807) is 11.8 Å². The summed E-state index contributed by atoms with van der Waals surface area (Å²) < 4.78 is 6.74. The minimum atomic E-state index is -0.588. The lowest BCUT2D eigenvalue weighted by Crippen LogP contribution is -2.32. The van der Waals surface area contributed by atoms with Crippen LogP contribution in [0.3, 0.4) is 0 Å². The van der Waals surface area contributed by atoms with E-state index in [1.165, 1.54) is 22.5 Å². The number of hydrogen-bond donors (Lipinski definition) is 1. The Hall–Kier alpha value is -2.38. The third kappa shape index (κ3) is 6.31. The number of ether oxygens (including phenoxy) is 1. The number of carbonyl (C=O) groups is 1. The van der Waals surface area contributed by atoms with E-state index in [0.29, 0.717) is 17.3 Å². The Morgan fingerprint density at radius 2 is 1.80 bits per heavy atom. The van der Waals surface area contributed by atoms with Crippen LogP contribution in [-0.2, 0) is 16.0 Å². The SMILES string of the molecule is CC[C@@H](Oc1ccc(C(C)(C)C)cc1)C(=O)Nc1nnc(SCc2ccccc2)s1. The zero-order valence-corrected chi connectivity index (χ0v) is 19.3. The summed E-state index contributed by atoms with van der Waals surface area (Å²) in [5.74, 6) is 1.28. The van der Waals surface area contributed by atoms with E-state index in [-0.39, 0.29) is 11.3 Å². The highest BCUT2D eigenvalue weighted by atomic mass is 32.2. The van der Waals surface area contributed by atoms with Gasteiger partial charge in [-0.05, 0) is 35.1 Å². The Balaban J connectivity index is 1.55. The first-order valence-electron chi connectivity index (χ1n) is 9.93. The maximum absolute atomic E-state index is 12.7. The number of amides is 1. The van der Waals surface area contributed by atoms with Gasteiger partial charge in [0.25, 0.3) is 5.91 Å². The minimum Gasteiger partial charge on any atom is -0.481 e. The van der Waals surface area contributed by atoms with Gasteiger partial charge in [0.1, 0.15) is 5.75 Å².